The summed E-state index contributed by atoms with van der Waals surface area (Å²) in [6, 6.07) is 6.83. The third-order valence-electron chi connectivity index (χ3n) is 3.78. The summed E-state index contributed by atoms with van der Waals surface area (Å²) >= 11 is 1.71. The van der Waals surface area contributed by atoms with Gasteiger partial charge in [-0.2, -0.15) is 0 Å². The molecule has 1 atom stereocenters. The lowest BCUT2D eigenvalue weighted by molar-refractivity contribution is -0.117. The van der Waals surface area contributed by atoms with Crippen LogP contribution in [0.4, 0.5) is 5.69 Å². The summed E-state index contributed by atoms with van der Waals surface area (Å²) in [5.41, 5.74) is 1.07. The zero-order valence-corrected chi connectivity index (χ0v) is 14.0. The molecule has 1 fully saturated rings. The molecule has 1 aromatic carbocycles. The van der Waals surface area contributed by atoms with Gasteiger partial charge in [-0.3, -0.25) is 14.9 Å². The molecule has 3 N–H and O–H groups in total. The summed E-state index contributed by atoms with van der Waals surface area (Å²) in [7, 11) is 0. The third-order valence-corrected chi connectivity index (χ3v) is 4.72. The Bertz CT molecular complexity index is 537. The van der Waals surface area contributed by atoms with Gasteiger partial charge in [-0.25, -0.2) is 0 Å². The van der Waals surface area contributed by atoms with E-state index in [1.165, 1.54) is 0 Å². The van der Waals surface area contributed by atoms with Gasteiger partial charge in [-0.15, -0.1) is 11.8 Å². The molecule has 22 heavy (non-hydrogen) atoms. The molecule has 0 aromatic heterocycles. The van der Waals surface area contributed by atoms with E-state index in [-0.39, 0.29) is 23.4 Å². The Hall–Kier alpha value is -1.53. The molecule has 1 aromatic rings. The van der Waals surface area contributed by atoms with Gasteiger partial charge in [0.05, 0.1) is 6.04 Å². The van der Waals surface area contributed by atoms with Crippen LogP contribution in [0.1, 0.15) is 37.6 Å². The highest BCUT2D eigenvalue weighted by atomic mass is 32.2. The van der Waals surface area contributed by atoms with Crippen LogP contribution in [-0.4, -0.2) is 35.0 Å². The van der Waals surface area contributed by atoms with Crippen LogP contribution in [0.3, 0.4) is 0 Å². The van der Waals surface area contributed by atoms with E-state index in [1.54, 1.807) is 36.0 Å². The predicted octanol–water partition coefficient (Wildman–Crippen LogP) is 2.21. The molecule has 1 aliphatic heterocycles. The van der Waals surface area contributed by atoms with E-state index in [0.717, 1.165) is 18.1 Å². The van der Waals surface area contributed by atoms with Crippen LogP contribution >= 0.6 is 11.8 Å². The van der Waals surface area contributed by atoms with Gasteiger partial charge >= 0.3 is 0 Å². The number of anilines is 1. The van der Waals surface area contributed by atoms with E-state index in [0.29, 0.717) is 11.3 Å². The quantitative estimate of drug-likeness (QED) is 0.777. The molecule has 5 nitrogen and oxygen atoms in total. The highest BCUT2D eigenvalue weighted by Gasteiger charge is 2.22. The molecule has 6 heteroatoms. The minimum absolute atomic E-state index is 0.0330. The van der Waals surface area contributed by atoms with Crippen LogP contribution < -0.4 is 16.0 Å². The van der Waals surface area contributed by atoms with Crippen LogP contribution in [0.2, 0.25) is 0 Å². The van der Waals surface area contributed by atoms with Gasteiger partial charge < -0.3 is 10.6 Å². The van der Waals surface area contributed by atoms with Gasteiger partial charge in [0, 0.05) is 28.4 Å². The molecule has 2 rings (SSSR count). The number of carbonyl (C=O) groups excluding carboxylic acids is 2. The molecule has 2 amide bonds. The highest BCUT2D eigenvalue weighted by Crippen LogP contribution is 2.15. The Morgan fingerprint density at radius 3 is 2.55 bits per heavy atom. The normalized spacial score (nSPS) is 18.0. The zero-order valence-electron chi connectivity index (χ0n) is 13.2. The van der Waals surface area contributed by atoms with Crippen molar-refractivity contribution >= 4 is 29.3 Å². The Morgan fingerprint density at radius 2 is 2.00 bits per heavy atom. The Labute approximate surface area is 135 Å². The largest absolute Gasteiger partial charge is 0.347 e. The van der Waals surface area contributed by atoms with Gasteiger partial charge in [0.15, 0.2) is 0 Å². The molecule has 0 saturated carbocycles. The summed E-state index contributed by atoms with van der Waals surface area (Å²) in [5, 5.41) is 8.98. The Balaban J connectivity index is 1.95. The van der Waals surface area contributed by atoms with Gasteiger partial charge in [0.25, 0.3) is 5.91 Å². The molecule has 1 aliphatic rings. The monoisotopic (exact) mass is 321 g/mol. The van der Waals surface area contributed by atoms with Gasteiger partial charge in [-0.05, 0) is 44.5 Å². The van der Waals surface area contributed by atoms with E-state index in [4.69, 9.17) is 0 Å². The minimum Gasteiger partial charge on any atom is -0.347 e. The molecular formula is C16H23N3O2S. The minimum atomic E-state index is -0.226. The highest BCUT2D eigenvalue weighted by molar-refractivity contribution is 7.99. The van der Waals surface area contributed by atoms with Crippen molar-refractivity contribution in [2.75, 3.05) is 16.9 Å². The van der Waals surface area contributed by atoms with Gasteiger partial charge in [-0.1, -0.05) is 6.92 Å². The Kier molecular flexibility index (Phi) is 5.47. The first kappa shape index (κ1) is 16.8. The first-order chi connectivity index (χ1) is 10.4. The lowest BCUT2D eigenvalue weighted by Gasteiger charge is -2.24. The van der Waals surface area contributed by atoms with E-state index < -0.39 is 0 Å². The molecule has 0 spiro atoms. The lowest BCUT2D eigenvalue weighted by Crippen LogP contribution is -2.42. The predicted molar refractivity (Wildman–Crippen MR) is 91.2 cm³/mol. The van der Waals surface area contributed by atoms with Crippen molar-refractivity contribution in [1.82, 2.24) is 10.6 Å². The zero-order chi connectivity index (χ0) is 16.2. The number of benzene rings is 1. The molecule has 0 aliphatic carbocycles. The number of thioether (sulfide) groups is 1. The lowest BCUT2D eigenvalue weighted by atomic mass is 10.0. The standard InChI is InChI=1S/C16H23N3O2S/c1-4-16(2,3)19-14(20)11-5-7-12(8-6-11)18-15(21)13-9-22-10-17-13/h5-8,13,17H,4,9-10H2,1-3H3,(H,18,21)(H,19,20). The second-order valence-corrected chi connectivity index (χ2v) is 7.06. The summed E-state index contributed by atoms with van der Waals surface area (Å²) < 4.78 is 0. The van der Waals surface area contributed by atoms with Crippen molar-refractivity contribution in [2.24, 2.45) is 0 Å². The van der Waals surface area contributed by atoms with E-state index in [1.807, 2.05) is 20.8 Å². The van der Waals surface area contributed by atoms with Crippen molar-refractivity contribution in [2.45, 2.75) is 38.8 Å². The second kappa shape index (κ2) is 7.15. The molecular weight excluding hydrogens is 298 g/mol. The molecule has 0 bridgehead atoms. The van der Waals surface area contributed by atoms with E-state index in [2.05, 4.69) is 16.0 Å². The number of nitrogens with one attached hydrogen (secondary N) is 3. The fraction of sp³-hybridized carbons (Fsp3) is 0.500. The summed E-state index contributed by atoms with van der Waals surface area (Å²) in [6.45, 7) is 6.02. The van der Waals surface area contributed by atoms with Crippen molar-refractivity contribution < 1.29 is 9.59 Å². The fourth-order valence-electron chi connectivity index (χ4n) is 1.97. The topological polar surface area (TPSA) is 70.2 Å². The first-order valence-electron chi connectivity index (χ1n) is 7.46. The Morgan fingerprint density at radius 1 is 1.32 bits per heavy atom. The molecule has 1 saturated heterocycles. The smallest absolute Gasteiger partial charge is 0.251 e. The average Bonchev–Trinajstić information content (AvgIpc) is 3.02. The van der Waals surface area contributed by atoms with Crippen molar-refractivity contribution in [3.8, 4) is 0 Å². The van der Waals surface area contributed by atoms with E-state index in [9.17, 15) is 9.59 Å². The summed E-state index contributed by atoms with van der Waals surface area (Å²) in [6.07, 6.45) is 0.860. The summed E-state index contributed by atoms with van der Waals surface area (Å²) in [4.78, 5) is 24.1. The molecule has 0 radical (unpaired) electrons. The van der Waals surface area contributed by atoms with Crippen molar-refractivity contribution in [3.05, 3.63) is 29.8 Å². The maximum Gasteiger partial charge on any atom is 0.251 e. The number of carbonyl (C=O) groups is 2. The van der Waals surface area contributed by atoms with Crippen molar-refractivity contribution in [1.29, 1.82) is 0 Å². The van der Waals surface area contributed by atoms with Crippen molar-refractivity contribution in [3.63, 3.8) is 0 Å². The van der Waals surface area contributed by atoms with Gasteiger partial charge in [0.2, 0.25) is 5.91 Å². The van der Waals surface area contributed by atoms with Gasteiger partial charge in [0.1, 0.15) is 0 Å². The summed E-state index contributed by atoms with van der Waals surface area (Å²) in [5.74, 6) is 1.47. The SMILES string of the molecule is CCC(C)(C)NC(=O)c1ccc(NC(=O)C2CSCN2)cc1. The maximum absolute atomic E-state index is 12.2. The maximum atomic E-state index is 12.2. The van der Waals surface area contributed by atoms with Crippen LogP contribution in [0.15, 0.2) is 24.3 Å². The van der Waals surface area contributed by atoms with Crippen LogP contribution in [-0.2, 0) is 4.79 Å². The number of amides is 2. The second-order valence-electron chi connectivity index (χ2n) is 6.03. The third kappa shape index (κ3) is 4.48. The number of rotatable bonds is 5. The fourth-order valence-corrected chi connectivity index (χ4v) is 2.91. The number of hydrogen-bond donors (Lipinski definition) is 3. The molecule has 120 valence electrons. The van der Waals surface area contributed by atoms with Crippen LogP contribution in [0.5, 0.6) is 0 Å². The number of hydrogen-bond acceptors (Lipinski definition) is 4. The first-order valence-corrected chi connectivity index (χ1v) is 8.61. The molecule has 1 heterocycles. The van der Waals surface area contributed by atoms with Crippen LogP contribution in [0.25, 0.3) is 0 Å². The molecule has 1 unspecified atom stereocenters. The van der Waals surface area contributed by atoms with E-state index >= 15 is 0 Å². The van der Waals surface area contributed by atoms with Crippen LogP contribution in [0, 0.1) is 0 Å². The average molecular weight is 321 g/mol.